The van der Waals surface area contributed by atoms with E-state index in [0.29, 0.717) is 0 Å². The topological polar surface area (TPSA) is 18.5 Å². The average Bonchev–Trinajstić information content (AvgIpc) is 3.11. The molecule has 0 saturated heterocycles. The predicted molar refractivity (Wildman–Crippen MR) is 178 cm³/mol. The highest BCUT2D eigenvalue weighted by Gasteiger charge is 2.39. The molecule has 0 aliphatic rings. The molecule has 0 radical (unpaired) electrons. The van der Waals surface area contributed by atoms with Crippen LogP contribution in [0.1, 0.15) is 44.5 Å². The molecule has 214 valence electrons. The zero-order chi connectivity index (χ0) is 30.2. The second-order valence-electron chi connectivity index (χ2n) is 10.6. The zero-order valence-corrected chi connectivity index (χ0v) is 25.0. The largest absolute Gasteiger partial charge is 0.364 e. The zero-order valence-electron chi connectivity index (χ0n) is 25.0. The van der Waals surface area contributed by atoms with Crippen molar-refractivity contribution in [1.29, 1.82) is 0 Å². The van der Waals surface area contributed by atoms with E-state index in [9.17, 15) is 0 Å². The minimum Gasteiger partial charge on any atom is -0.364 e. The van der Waals surface area contributed by atoms with E-state index in [4.69, 9.17) is 9.47 Å². The van der Waals surface area contributed by atoms with Crippen molar-refractivity contribution in [2.24, 2.45) is 0 Å². The Morgan fingerprint density at radius 3 is 0.864 bits per heavy atom. The lowest BCUT2D eigenvalue weighted by atomic mass is 9.77. The van der Waals surface area contributed by atoms with Gasteiger partial charge in [-0.15, -0.1) is 0 Å². The number of hydrogen-bond donors (Lipinski definition) is 0. The quantitative estimate of drug-likeness (QED) is 0.134. The molecule has 6 aromatic carbocycles. The summed E-state index contributed by atoms with van der Waals surface area (Å²) in [6.45, 7) is 0. The smallest absolute Gasteiger partial charge is 0.144 e. The molecule has 0 amide bonds. The van der Waals surface area contributed by atoms with Crippen LogP contribution in [0, 0.1) is 11.8 Å². The fourth-order valence-corrected chi connectivity index (χ4v) is 6.27. The van der Waals surface area contributed by atoms with Crippen molar-refractivity contribution in [3.63, 3.8) is 0 Å². The van der Waals surface area contributed by atoms with E-state index in [2.05, 4.69) is 96.8 Å². The molecule has 2 heteroatoms. The molecule has 2 nitrogen and oxygen atoms in total. The Kier molecular flexibility index (Phi) is 8.52. The van der Waals surface area contributed by atoms with Crippen LogP contribution in [0.5, 0.6) is 0 Å². The molecule has 0 heterocycles. The van der Waals surface area contributed by atoms with Gasteiger partial charge < -0.3 is 9.47 Å². The van der Waals surface area contributed by atoms with Crippen molar-refractivity contribution >= 4 is 0 Å². The lowest BCUT2D eigenvalue weighted by Gasteiger charge is -2.35. The summed E-state index contributed by atoms with van der Waals surface area (Å²) >= 11 is 0. The molecule has 0 bridgehead atoms. The molecule has 6 rings (SSSR count). The van der Waals surface area contributed by atoms with Gasteiger partial charge in [0.2, 0.25) is 0 Å². The lowest BCUT2D eigenvalue weighted by molar-refractivity contribution is 0.0581. The second-order valence-corrected chi connectivity index (χ2v) is 10.6. The van der Waals surface area contributed by atoms with Crippen LogP contribution in [-0.2, 0) is 20.7 Å². The van der Waals surface area contributed by atoms with Gasteiger partial charge in [0.05, 0.1) is 0 Å². The van der Waals surface area contributed by atoms with E-state index in [1.165, 1.54) is 0 Å². The van der Waals surface area contributed by atoms with Crippen LogP contribution in [0.4, 0.5) is 0 Å². The molecular weight excluding hydrogens is 536 g/mol. The predicted octanol–water partition coefficient (Wildman–Crippen LogP) is 8.96. The highest BCUT2D eigenvalue weighted by atomic mass is 16.5. The molecule has 6 aromatic rings. The van der Waals surface area contributed by atoms with Crippen LogP contribution in [0.25, 0.3) is 0 Å². The van der Waals surface area contributed by atoms with E-state index < -0.39 is 11.2 Å². The first kappa shape index (κ1) is 28.9. The molecule has 44 heavy (non-hydrogen) atoms. The Morgan fingerprint density at radius 1 is 0.341 bits per heavy atom. The molecule has 0 unspecified atom stereocenters. The number of methoxy groups -OCH3 is 2. The monoisotopic (exact) mass is 570 g/mol. The molecule has 0 saturated carbocycles. The maximum absolute atomic E-state index is 6.51. The molecule has 0 aromatic heterocycles. The van der Waals surface area contributed by atoms with Crippen LogP contribution in [0.3, 0.4) is 0 Å². The first-order chi connectivity index (χ1) is 21.7. The van der Waals surface area contributed by atoms with E-state index >= 15 is 0 Å². The average molecular weight is 571 g/mol. The van der Waals surface area contributed by atoms with E-state index in [1.807, 2.05) is 84.9 Å². The van der Waals surface area contributed by atoms with Gasteiger partial charge >= 0.3 is 0 Å². The van der Waals surface area contributed by atoms with E-state index in [1.54, 1.807) is 14.2 Å². The fourth-order valence-electron chi connectivity index (χ4n) is 6.27. The Balaban J connectivity index is 1.56. The van der Waals surface area contributed by atoms with Gasteiger partial charge in [0, 0.05) is 36.5 Å². The summed E-state index contributed by atoms with van der Waals surface area (Å²) in [5.41, 5.74) is 6.19. The first-order valence-electron chi connectivity index (χ1n) is 14.8. The van der Waals surface area contributed by atoms with Crippen LogP contribution in [-0.4, -0.2) is 14.2 Å². The summed E-state index contributed by atoms with van der Waals surface area (Å²) in [5, 5.41) is 0. The third-order valence-electron chi connectivity index (χ3n) is 8.28. The Bertz CT molecular complexity index is 1650. The van der Waals surface area contributed by atoms with Gasteiger partial charge in [-0.25, -0.2) is 0 Å². The Hall–Kier alpha value is -5.20. The summed E-state index contributed by atoms with van der Waals surface area (Å²) < 4.78 is 13.0. The van der Waals surface area contributed by atoms with Gasteiger partial charge in [-0.2, -0.15) is 0 Å². The maximum atomic E-state index is 6.51. The molecule has 0 aliphatic carbocycles. The maximum Gasteiger partial charge on any atom is 0.144 e. The third kappa shape index (κ3) is 5.14. The van der Waals surface area contributed by atoms with Crippen molar-refractivity contribution in [3.8, 4) is 11.8 Å². The highest BCUT2D eigenvalue weighted by molar-refractivity contribution is 5.59. The van der Waals surface area contributed by atoms with E-state index in [-0.39, 0.29) is 0 Å². The van der Waals surface area contributed by atoms with Gasteiger partial charge in [-0.05, 0) is 34.4 Å². The van der Waals surface area contributed by atoms with Gasteiger partial charge in [0.1, 0.15) is 11.2 Å². The Morgan fingerprint density at radius 2 is 0.591 bits per heavy atom. The molecule has 0 fully saturated rings. The van der Waals surface area contributed by atoms with Crippen molar-refractivity contribution in [3.05, 3.63) is 214 Å². The van der Waals surface area contributed by atoms with Crippen LogP contribution in [0.15, 0.2) is 170 Å². The SMILES string of the molecule is COC(c1ccccc1)(c1ccccc1)c1ccccc1C#Cc1ccccc1C(OC)(c1ccccc1)c1ccccc1. The molecule has 0 N–H and O–H groups in total. The standard InChI is InChI=1S/C42H34O2/c1-43-41(35-21-7-3-8-22-35,36-23-9-4-10-24-36)39-29-17-15-19-33(39)31-32-34-20-16-18-30-40(34)42(44-2,37-25-11-5-12-26-37)38-27-13-6-14-28-38/h3-30H,1-2H3. The summed E-state index contributed by atoms with van der Waals surface area (Å²) in [6.07, 6.45) is 0. The van der Waals surface area contributed by atoms with Gasteiger partial charge in [0.15, 0.2) is 0 Å². The summed E-state index contributed by atoms with van der Waals surface area (Å²) in [5.74, 6) is 7.13. The number of hydrogen-bond acceptors (Lipinski definition) is 2. The normalized spacial score (nSPS) is 11.4. The highest BCUT2D eigenvalue weighted by Crippen LogP contribution is 2.43. The number of rotatable bonds is 8. The van der Waals surface area contributed by atoms with Crippen molar-refractivity contribution in [1.82, 2.24) is 0 Å². The number of ether oxygens (including phenoxy) is 2. The minimum absolute atomic E-state index is 0.850. The summed E-state index contributed by atoms with van der Waals surface area (Å²) in [4.78, 5) is 0. The molecule has 0 atom stereocenters. The fraction of sp³-hybridized carbons (Fsp3) is 0.0952. The first-order valence-corrected chi connectivity index (χ1v) is 14.8. The van der Waals surface area contributed by atoms with E-state index in [0.717, 1.165) is 44.5 Å². The van der Waals surface area contributed by atoms with Crippen LogP contribution >= 0.6 is 0 Å². The summed E-state index contributed by atoms with van der Waals surface area (Å²) in [7, 11) is 3.54. The molecular formula is C42H34O2. The van der Waals surface area contributed by atoms with Crippen LogP contribution in [0.2, 0.25) is 0 Å². The number of benzene rings is 6. The van der Waals surface area contributed by atoms with Crippen molar-refractivity contribution in [2.75, 3.05) is 14.2 Å². The second kappa shape index (κ2) is 13.0. The van der Waals surface area contributed by atoms with Crippen molar-refractivity contribution < 1.29 is 9.47 Å². The van der Waals surface area contributed by atoms with Crippen LogP contribution < -0.4 is 0 Å². The molecule has 0 aliphatic heterocycles. The van der Waals surface area contributed by atoms with Gasteiger partial charge in [0.25, 0.3) is 0 Å². The van der Waals surface area contributed by atoms with Gasteiger partial charge in [-0.3, -0.25) is 0 Å². The lowest BCUT2D eigenvalue weighted by Crippen LogP contribution is -2.32. The Labute approximate surface area is 260 Å². The summed E-state index contributed by atoms with van der Waals surface area (Å²) in [6, 6.07) is 58.0. The third-order valence-corrected chi connectivity index (χ3v) is 8.28. The molecule has 0 spiro atoms. The van der Waals surface area contributed by atoms with Gasteiger partial charge in [-0.1, -0.05) is 170 Å². The van der Waals surface area contributed by atoms with Crippen molar-refractivity contribution in [2.45, 2.75) is 11.2 Å². The minimum atomic E-state index is -0.850.